The lowest BCUT2D eigenvalue weighted by atomic mass is 10.0. The Kier molecular flexibility index (Phi) is 4.38. The van der Waals surface area contributed by atoms with Crippen molar-refractivity contribution in [1.82, 2.24) is 0 Å². The van der Waals surface area contributed by atoms with Crippen molar-refractivity contribution < 1.29 is 14.6 Å². The molecule has 1 aromatic carbocycles. The van der Waals surface area contributed by atoms with Crippen molar-refractivity contribution in [2.45, 2.75) is 25.9 Å². The Labute approximate surface area is 133 Å². The Hall–Kier alpha value is -1.23. The standard InChI is InChI=1S/C16H17ClO3S/c1-2-11-3-4-12(21-11)9-14(18)10-7-13(17)16-15(8-10)19-5-6-20-16/h3-4,7-8,14,18H,2,5-6,9H2,1H3. The van der Waals surface area contributed by atoms with Crippen molar-refractivity contribution in [3.05, 3.63) is 44.6 Å². The van der Waals surface area contributed by atoms with E-state index in [0.717, 1.165) is 12.0 Å². The van der Waals surface area contributed by atoms with Gasteiger partial charge in [0, 0.05) is 16.2 Å². The predicted octanol–water partition coefficient (Wildman–Crippen LogP) is 4.01. The van der Waals surface area contributed by atoms with Gasteiger partial charge in [0.1, 0.15) is 13.2 Å². The first-order valence-electron chi connectivity index (χ1n) is 7.02. The maximum Gasteiger partial charge on any atom is 0.179 e. The Morgan fingerprint density at radius 2 is 2.00 bits per heavy atom. The summed E-state index contributed by atoms with van der Waals surface area (Å²) in [5, 5.41) is 10.9. The molecule has 0 bridgehead atoms. The van der Waals surface area contributed by atoms with Crippen LogP contribution in [0.5, 0.6) is 11.5 Å². The molecule has 3 rings (SSSR count). The zero-order chi connectivity index (χ0) is 14.8. The lowest BCUT2D eigenvalue weighted by Gasteiger charge is -2.21. The number of aliphatic hydroxyl groups is 1. The average molecular weight is 325 g/mol. The zero-order valence-corrected chi connectivity index (χ0v) is 13.3. The van der Waals surface area contributed by atoms with Gasteiger partial charge < -0.3 is 14.6 Å². The van der Waals surface area contributed by atoms with Crippen LogP contribution in [0.1, 0.15) is 28.3 Å². The zero-order valence-electron chi connectivity index (χ0n) is 11.8. The number of hydrogen-bond acceptors (Lipinski definition) is 4. The van der Waals surface area contributed by atoms with Gasteiger partial charge in [0.15, 0.2) is 11.5 Å². The topological polar surface area (TPSA) is 38.7 Å². The highest BCUT2D eigenvalue weighted by Crippen LogP contribution is 2.40. The molecule has 1 atom stereocenters. The second-order valence-corrected chi connectivity index (χ2v) is 6.63. The Morgan fingerprint density at radius 3 is 2.76 bits per heavy atom. The van der Waals surface area contributed by atoms with Gasteiger partial charge in [-0.3, -0.25) is 0 Å². The number of benzene rings is 1. The summed E-state index contributed by atoms with van der Waals surface area (Å²) in [6.45, 7) is 3.14. The highest BCUT2D eigenvalue weighted by Gasteiger charge is 2.20. The van der Waals surface area contributed by atoms with Crippen LogP contribution in [0.25, 0.3) is 0 Å². The third-order valence-corrected chi connectivity index (χ3v) is 5.00. The van der Waals surface area contributed by atoms with E-state index in [9.17, 15) is 5.11 Å². The van der Waals surface area contributed by atoms with Crippen LogP contribution in [0, 0.1) is 0 Å². The van der Waals surface area contributed by atoms with Gasteiger partial charge in [-0.2, -0.15) is 0 Å². The van der Waals surface area contributed by atoms with Crippen LogP contribution in [0.3, 0.4) is 0 Å². The van der Waals surface area contributed by atoms with Gasteiger partial charge in [-0.1, -0.05) is 18.5 Å². The second-order valence-electron chi connectivity index (χ2n) is 4.97. The minimum Gasteiger partial charge on any atom is -0.486 e. The molecule has 3 nitrogen and oxygen atoms in total. The van der Waals surface area contributed by atoms with E-state index in [4.69, 9.17) is 21.1 Å². The van der Waals surface area contributed by atoms with Crippen molar-refractivity contribution in [3.63, 3.8) is 0 Å². The molecule has 1 N–H and O–H groups in total. The molecule has 1 unspecified atom stereocenters. The second kappa shape index (κ2) is 6.26. The molecule has 0 aliphatic carbocycles. The SMILES string of the molecule is CCc1ccc(CC(O)c2cc(Cl)c3c(c2)OCCO3)s1. The van der Waals surface area contributed by atoms with Crippen LogP contribution in [0.15, 0.2) is 24.3 Å². The number of fused-ring (bicyclic) bond motifs is 1. The summed E-state index contributed by atoms with van der Waals surface area (Å²) in [5.74, 6) is 1.19. The van der Waals surface area contributed by atoms with Gasteiger partial charge >= 0.3 is 0 Å². The number of thiophene rings is 1. The molecule has 21 heavy (non-hydrogen) atoms. The molecular formula is C16H17ClO3S. The number of rotatable bonds is 4. The molecular weight excluding hydrogens is 308 g/mol. The Balaban J connectivity index is 1.81. The normalized spacial score (nSPS) is 15.0. The quantitative estimate of drug-likeness (QED) is 0.923. The summed E-state index contributed by atoms with van der Waals surface area (Å²) in [4.78, 5) is 2.50. The van der Waals surface area contributed by atoms with E-state index in [1.165, 1.54) is 9.75 Å². The van der Waals surface area contributed by atoms with E-state index >= 15 is 0 Å². The average Bonchev–Trinajstić information content (AvgIpc) is 2.95. The first kappa shape index (κ1) is 14.7. The first-order chi connectivity index (χ1) is 10.2. The minimum absolute atomic E-state index is 0.488. The van der Waals surface area contributed by atoms with E-state index in [0.29, 0.717) is 36.2 Å². The lowest BCUT2D eigenvalue weighted by Crippen LogP contribution is -2.16. The molecule has 0 radical (unpaired) electrons. The summed E-state index contributed by atoms with van der Waals surface area (Å²) in [5.41, 5.74) is 0.760. The van der Waals surface area contributed by atoms with E-state index in [1.807, 2.05) is 6.07 Å². The third-order valence-electron chi connectivity index (χ3n) is 3.46. The molecule has 112 valence electrons. The van der Waals surface area contributed by atoms with Gasteiger partial charge in [0.2, 0.25) is 0 Å². The molecule has 1 aliphatic heterocycles. The molecule has 0 saturated carbocycles. The molecule has 2 aromatic rings. The van der Waals surface area contributed by atoms with Crippen molar-refractivity contribution in [3.8, 4) is 11.5 Å². The van der Waals surface area contributed by atoms with E-state index in [-0.39, 0.29) is 0 Å². The van der Waals surface area contributed by atoms with E-state index in [2.05, 4.69) is 19.1 Å². The largest absolute Gasteiger partial charge is 0.486 e. The van der Waals surface area contributed by atoms with Gasteiger partial charge in [-0.25, -0.2) is 0 Å². The number of hydrogen-bond donors (Lipinski definition) is 1. The molecule has 2 heterocycles. The number of halogens is 1. The Morgan fingerprint density at radius 1 is 1.24 bits per heavy atom. The fourth-order valence-electron chi connectivity index (χ4n) is 2.35. The van der Waals surface area contributed by atoms with Crippen LogP contribution in [0.2, 0.25) is 5.02 Å². The summed E-state index contributed by atoms with van der Waals surface area (Å²) in [6, 6.07) is 7.77. The van der Waals surface area contributed by atoms with Crippen LogP contribution in [-0.4, -0.2) is 18.3 Å². The first-order valence-corrected chi connectivity index (χ1v) is 8.21. The maximum atomic E-state index is 10.4. The molecule has 5 heteroatoms. The van der Waals surface area contributed by atoms with E-state index in [1.54, 1.807) is 17.4 Å². The van der Waals surface area contributed by atoms with Gasteiger partial charge in [-0.05, 0) is 36.2 Å². The monoisotopic (exact) mass is 324 g/mol. The van der Waals surface area contributed by atoms with Gasteiger partial charge in [-0.15, -0.1) is 11.3 Å². The maximum absolute atomic E-state index is 10.4. The predicted molar refractivity (Wildman–Crippen MR) is 84.8 cm³/mol. The van der Waals surface area contributed by atoms with Crippen molar-refractivity contribution in [2.24, 2.45) is 0 Å². The molecule has 1 aliphatic rings. The molecule has 0 spiro atoms. The lowest BCUT2D eigenvalue weighted by molar-refractivity contribution is 0.165. The van der Waals surface area contributed by atoms with Crippen molar-refractivity contribution >= 4 is 22.9 Å². The highest BCUT2D eigenvalue weighted by molar-refractivity contribution is 7.11. The molecule has 1 aromatic heterocycles. The van der Waals surface area contributed by atoms with Crippen molar-refractivity contribution in [1.29, 1.82) is 0 Å². The van der Waals surface area contributed by atoms with Crippen molar-refractivity contribution in [2.75, 3.05) is 13.2 Å². The summed E-state index contributed by atoms with van der Waals surface area (Å²) in [7, 11) is 0. The Bertz CT molecular complexity index is 638. The minimum atomic E-state index is -0.596. The highest BCUT2D eigenvalue weighted by atomic mass is 35.5. The summed E-state index contributed by atoms with van der Waals surface area (Å²) >= 11 is 7.95. The number of aliphatic hydroxyl groups excluding tert-OH is 1. The van der Waals surface area contributed by atoms with E-state index < -0.39 is 6.10 Å². The van der Waals surface area contributed by atoms with Gasteiger partial charge in [0.25, 0.3) is 0 Å². The number of ether oxygens (including phenoxy) is 2. The number of aryl methyl sites for hydroxylation is 1. The van der Waals surface area contributed by atoms with Crippen LogP contribution >= 0.6 is 22.9 Å². The molecule has 0 fully saturated rings. The molecule has 0 saturated heterocycles. The summed E-state index contributed by atoms with van der Waals surface area (Å²) < 4.78 is 11.0. The third kappa shape index (κ3) is 3.18. The van der Waals surface area contributed by atoms with Crippen LogP contribution in [0.4, 0.5) is 0 Å². The summed E-state index contributed by atoms with van der Waals surface area (Å²) in [6.07, 6.45) is 1.01. The fourth-order valence-corrected chi connectivity index (χ4v) is 3.62. The van der Waals surface area contributed by atoms with Crippen LogP contribution in [-0.2, 0) is 12.8 Å². The van der Waals surface area contributed by atoms with Crippen LogP contribution < -0.4 is 9.47 Å². The molecule has 0 amide bonds. The smallest absolute Gasteiger partial charge is 0.179 e. The fraction of sp³-hybridized carbons (Fsp3) is 0.375. The van der Waals surface area contributed by atoms with Gasteiger partial charge in [0.05, 0.1) is 11.1 Å².